The zero-order valence-electron chi connectivity index (χ0n) is 18.7. The van der Waals surface area contributed by atoms with E-state index in [1.807, 2.05) is 39.0 Å². The number of hydrogen-bond donors (Lipinski definition) is 2. The number of carbonyl (C=O) groups is 1. The molecule has 1 atom stereocenters. The summed E-state index contributed by atoms with van der Waals surface area (Å²) in [5.41, 5.74) is 10.5. The summed E-state index contributed by atoms with van der Waals surface area (Å²) in [5.74, 6) is 1.02. The fourth-order valence-electron chi connectivity index (χ4n) is 4.02. The van der Waals surface area contributed by atoms with Gasteiger partial charge in [0.1, 0.15) is 16.9 Å². The minimum atomic E-state index is -0.388. The summed E-state index contributed by atoms with van der Waals surface area (Å²) in [4.78, 5) is 25.5. The Bertz CT molecular complexity index is 1330. The summed E-state index contributed by atoms with van der Waals surface area (Å²) in [5, 5.41) is 0.993. The van der Waals surface area contributed by atoms with Crippen molar-refractivity contribution < 1.29 is 14.3 Å². The number of esters is 1. The largest absolute Gasteiger partial charge is 0.494 e. The normalized spacial score (nSPS) is 14.9. The minimum Gasteiger partial charge on any atom is -0.494 e. The number of ether oxygens (including phenoxy) is 2. The molecule has 1 aliphatic carbocycles. The average molecular weight is 434 g/mol. The third-order valence-electron chi connectivity index (χ3n) is 5.67. The van der Waals surface area contributed by atoms with Gasteiger partial charge in [-0.2, -0.15) is 0 Å². The van der Waals surface area contributed by atoms with Crippen molar-refractivity contribution in [2.75, 3.05) is 7.11 Å². The van der Waals surface area contributed by atoms with E-state index in [0.717, 1.165) is 46.6 Å². The van der Waals surface area contributed by atoms with Crippen molar-refractivity contribution in [2.24, 2.45) is 5.73 Å². The van der Waals surface area contributed by atoms with Crippen LogP contribution in [0.3, 0.4) is 0 Å². The number of nitrogens with zero attached hydrogens (tertiary/aromatic N) is 3. The van der Waals surface area contributed by atoms with Crippen LogP contribution in [-0.2, 0) is 4.74 Å². The maximum Gasteiger partial charge on any atom is 0.338 e. The van der Waals surface area contributed by atoms with Crippen molar-refractivity contribution in [1.29, 1.82) is 0 Å². The van der Waals surface area contributed by atoms with E-state index in [1.54, 1.807) is 19.2 Å². The Morgan fingerprint density at radius 2 is 1.97 bits per heavy atom. The van der Waals surface area contributed by atoms with Gasteiger partial charge in [-0.3, -0.25) is 0 Å². The molecule has 0 unspecified atom stereocenters. The van der Waals surface area contributed by atoms with Gasteiger partial charge < -0.3 is 24.8 Å². The first-order valence-electron chi connectivity index (χ1n) is 10.9. The van der Waals surface area contributed by atoms with Crippen LogP contribution in [-0.4, -0.2) is 38.7 Å². The van der Waals surface area contributed by atoms with E-state index in [2.05, 4.69) is 14.5 Å². The molecule has 32 heavy (non-hydrogen) atoms. The number of nitrogens with one attached hydrogen (secondary N) is 1. The molecular formula is C24H27N5O3. The zero-order chi connectivity index (χ0) is 22.6. The number of imidazole rings is 1. The third-order valence-corrected chi connectivity index (χ3v) is 5.67. The molecule has 1 fully saturated rings. The second kappa shape index (κ2) is 7.63. The van der Waals surface area contributed by atoms with E-state index in [1.165, 1.54) is 0 Å². The molecule has 1 aromatic carbocycles. The van der Waals surface area contributed by atoms with Gasteiger partial charge in [-0.15, -0.1) is 0 Å². The molecule has 0 saturated heterocycles. The second-order valence-corrected chi connectivity index (χ2v) is 8.68. The number of rotatable bonds is 6. The highest BCUT2D eigenvalue weighted by molar-refractivity contribution is 5.97. The predicted molar refractivity (Wildman–Crippen MR) is 123 cm³/mol. The van der Waals surface area contributed by atoms with Gasteiger partial charge in [-0.05, 0) is 63.9 Å². The molecule has 4 aromatic rings. The SMILES string of the molecule is COc1cc(C(=O)OC(C)C)cc2nc(-c3cc4ccc([C@@H](C)N)nc4[nH]3)n(C3CC3)c12. The minimum absolute atomic E-state index is 0.143. The average Bonchev–Trinajstić information content (AvgIpc) is 3.38. The Labute approximate surface area is 185 Å². The number of aromatic nitrogens is 4. The lowest BCUT2D eigenvalue weighted by atomic mass is 10.2. The van der Waals surface area contributed by atoms with Gasteiger partial charge in [0.05, 0.1) is 35.7 Å². The van der Waals surface area contributed by atoms with Crippen molar-refractivity contribution in [3.63, 3.8) is 0 Å². The molecule has 0 bridgehead atoms. The topological polar surface area (TPSA) is 108 Å². The van der Waals surface area contributed by atoms with Gasteiger partial charge in [0.2, 0.25) is 0 Å². The maximum atomic E-state index is 12.5. The van der Waals surface area contributed by atoms with E-state index >= 15 is 0 Å². The molecule has 166 valence electrons. The summed E-state index contributed by atoms with van der Waals surface area (Å²) in [6.07, 6.45) is 1.95. The molecule has 5 rings (SSSR count). The van der Waals surface area contributed by atoms with E-state index in [-0.39, 0.29) is 18.1 Å². The second-order valence-electron chi connectivity index (χ2n) is 8.68. The van der Waals surface area contributed by atoms with Crippen LogP contribution >= 0.6 is 0 Å². The molecule has 8 heteroatoms. The highest BCUT2D eigenvalue weighted by Gasteiger charge is 2.31. The van der Waals surface area contributed by atoms with Crippen LogP contribution in [0.4, 0.5) is 0 Å². The summed E-state index contributed by atoms with van der Waals surface area (Å²) < 4.78 is 13.3. The molecular weight excluding hydrogens is 406 g/mol. The first-order chi connectivity index (χ1) is 15.4. The lowest BCUT2D eigenvalue weighted by molar-refractivity contribution is 0.0377. The number of aromatic amines is 1. The zero-order valence-corrected chi connectivity index (χ0v) is 18.7. The van der Waals surface area contributed by atoms with Gasteiger partial charge in [-0.1, -0.05) is 0 Å². The van der Waals surface area contributed by atoms with E-state index in [0.29, 0.717) is 22.9 Å². The summed E-state index contributed by atoms with van der Waals surface area (Å²) in [6, 6.07) is 9.73. The van der Waals surface area contributed by atoms with Crippen LogP contribution in [0.25, 0.3) is 33.6 Å². The Morgan fingerprint density at radius 3 is 2.62 bits per heavy atom. The monoisotopic (exact) mass is 433 g/mol. The van der Waals surface area contributed by atoms with Crippen molar-refractivity contribution in [3.8, 4) is 17.3 Å². The van der Waals surface area contributed by atoms with Gasteiger partial charge in [-0.25, -0.2) is 14.8 Å². The quantitative estimate of drug-likeness (QED) is 0.433. The molecule has 0 aliphatic heterocycles. The van der Waals surface area contributed by atoms with Crippen LogP contribution < -0.4 is 10.5 Å². The van der Waals surface area contributed by atoms with Crippen molar-refractivity contribution in [2.45, 2.75) is 51.8 Å². The van der Waals surface area contributed by atoms with Crippen molar-refractivity contribution in [3.05, 3.63) is 41.6 Å². The Hall–Kier alpha value is -3.39. The maximum absolute atomic E-state index is 12.5. The van der Waals surface area contributed by atoms with Crippen LogP contribution in [0.2, 0.25) is 0 Å². The van der Waals surface area contributed by atoms with Gasteiger partial charge in [0, 0.05) is 17.5 Å². The van der Waals surface area contributed by atoms with Crippen LogP contribution in [0, 0.1) is 0 Å². The summed E-state index contributed by atoms with van der Waals surface area (Å²) in [7, 11) is 1.61. The van der Waals surface area contributed by atoms with Gasteiger partial charge in [0.15, 0.2) is 5.82 Å². The molecule has 3 heterocycles. The van der Waals surface area contributed by atoms with E-state index in [9.17, 15) is 4.79 Å². The number of benzene rings is 1. The molecule has 8 nitrogen and oxygen atoms in total. The highest BCUT2D eigenvalue weighted by Crippen LogP contribution is 2.44. The first kappa shape index (κ1) is 20.5. The molecule has 1 aliphatic rings. The Morgan fingerprint density at radius 1 is 1.19 bits per heavy atom. The molecule has 1 saturated carbocycles. The molecule has 3 N–H and O–H groups in total. The fourth-order valence-corrected chi connectivity index (χ4v) is 4.02. The van der Waals surface area contributed by atoms with Crippen LogP contribution in [0.15, 0.2) is 30.3 Å². The van der Waals surface area contributed by atoms with E-state index in [4.69, 9.17) is 20.2 Å². The lowest BCUT2D eigenvalue weighted by Gasteiger charge is -2.12. The molecule has 0 spiro atoms. The number of carbonyl (C=O) groups excluding carboxylic acids is 1. The molecule has 0 radical (unpaired) electrons. The smallest absolute Gasteiger partial charge is 0.338 e. The van der Waals surface area contributed by atoms with Crippen molar-refractivity contribution in [1.82, 2.24) is 19.5 Å². The van der Waals surface area contributed by atoms with Gasteiger partial charge in [0.25, 0.3) is 0 Å². The summed E-state index contributed by atoms with van der Waals surface area (Å²) >= 11 is 0. The van der Waals surface area contributed by atoms with E-state index < -0.39 is 0 Å². The Kier molecular flexibility index (Phi) is 4.89. The van der Waals surface area contributed by atoms with Crippen LogP contribution in [0.5, 0.6) is 5.75 Å². The molecule has 0 amide bonds. The van der Waals surface area contributed by atoms with Crippen LogP contribution in [0.1, 0.15) is 61.7 Å². The number of nitrogens with two attached hydrogens (primary N) is 1. The number of methoxy groups -OCH3 is 1. The number of H-pyrrole nitrogens is 1. The standard InChI is InChI=1S/C24H27N5O3/c1-12(2)32-24(30)15-10-18-21(20(11-15)31-4)29(16-6-7-16)23(28-18)19-9-14-5-8-17(13(3)25)26-22(14)27-19/h5,8-13,16H,6-7,25H2,1-4H3,(H,26,27)/t13-/m1/s1. The highest BCUT2D eigenvalue weighted by atomic mass is 16.5. The number of pyridine rings is 1. The number of fused-ring (bicyclic) bond motifs is 2. The lowest BCUT2D eigenvalue weighted by Crippen LogP contribution is -2.11. The summed E-state index contributed by atoms with van der Waals surface area (Å²) in [6.45, 7) is 5.57. The third kappa shape index (κ3) is 3.50. The number of hydrogen-bond acceptors (Lipinski definition) is 6. The Balaban J connectivity index is 1.68. The first-order valence-corrected chi connectivity index (χ1v) is 10.9. The van der Waals surface area contributed by atoms with Gasteiger partial charge >= 0.3 is 5.97 Å². The predicted octanol–water partition coefficient (Wildman–Crippen LogP) is 4.51. The fraction of sp³-hybridized carbons (Fsp3) is 0.375. The molecule has 3 aromatic heterocycles. The van der Waals surface area contributed by atoms with Crippen molar-refractivity contribution >= 4 is 28.0 Å².